The van der Waals surface area contributed by atoms with Gasteiger partial charge in [0.05, 0.1) is 19.6 Å². The minimum atomic E-state index is -0.377. The minimum absolute atomic E-state index is 0.101. The normalized spacial score (nSPS) is 11.9. The fourth-order valence-corrected chi connectivity index (χ4v) is 2.14. The summed E-state index contributed by atoms with van der Waals surface area (Å²) in [6.45, 7) is 6.89. The number of benzene rings is 1. The number of carbonyl (C=O) groups excluding carboxylic acids is 2. The summed E-state index contributed by atoms with van der Waals surface area (Å²) in [4.78, 5) is 25.9. The van der Waals surface area contributed by atoms with E-state index in [0.717, 1.165) is 11.1 Å². The minimum Gasteiger partial charge on any atom is -0.469 e. The number of nitrogens with zero attached hydrogens (tertiary/aromatic N) is 1. The molecule has 0 heterocycles. The van der Waals surface area contributed by atoms with Crippen molar-refractivity contribution >= 4 is 11.9 Å². The first-order valence-electron chi connectivity index (χ1n) is 7.34. The van der Waals surface area contributed by atoms with E-state index in [1.54, 1.807) is 18.9 Å². The molecule has 22 heavy (non-hydrogen) atoms. The highest BCUT2D eigenvalue weighted by atomic mass is 16.5. The summed E-state index contributed by atoms with van der Waals surface area (Å²) in [5, 5.41) is 0. The second-order valence-electron chi connectivity index (χ2n) is 5.47. The molecule has 0 aliphatic heterocycles. The lowest BCUT2D eigenvalue weighted by Gasteiger charge is -2.25. The van der Waals surface area contributed by atoms with Crippen molar-refractivity contribution in [2.45, 2.75) is 20.8 Å². The summed E-state index contributed by atoms with van der Waals surface area (Å²) in [6, 6.07) is 5.62. The van der Waals surface area contributed by atoms with Crippen LogP contribution < -0.4 is 0 Å². The Balaban J connectivity index is 2.91. The van der Waals surface area contributed by atoms with Gasteiger partial charge in [-0.3, -0.25) is 9.59 Å². The zero-order chi connectivity index (χ0) is 16.7. The van der Waals surface area contributed by atoms with Crippen molar-refractivity contribution in [3.05, 3.63) is 34.9 Å². The fourth-order valence-electron chi connectivity index (χ4n) is 2.14. The third-order valence-electron chi connectivity index (χ3n) is 3.70. The van der Waals surface area contributed by atoms with E-state index in [9.17, 15) is 9.59 Å². The Hall–Kier alpha value is -1.88. The standard InChI is InChI=1S/C17H25NO4/c1-12-6-7-15(10-13(12)2)16(19)18(8-9-21-4)11-14(3)17(20)22-5/h6-7,10,14H,8-9,11H2,1-5H3. The Morgan fingerprint density at radius 1 is 1.18 bits per heavy atom. The molecule has 1 amide bonds. The van der Waals surface area contributed by atoms with Crippen LogP contribution in [0.2, 0.25) is 0 Å². The molecule has 0 aromatic heterocycles. The molecule has 5 heteroatoms. The molecule has 0 radical (unpaired) electrons. The lowest BCUT2D eigenvalue weighted by Crippen LogP contribution is -2.39. The number of hydrogen-bond donors (Lipinski definition) is 0. The number of esters is 1. The second-order valence-corrected chi connectivity index (χ2v) is 5.47. The molecule has 0 aliphatic carbocycles. The lowest BCUT2D eigenvalue weighted by atomic mass is 10.0. The smallest absolute Gasteiger partial charge is 0.310 e. The number of methoxy groups -OCH3 is 2. The van der Waals surface area contributed by atoms with Crippen LogP contribution in [0.25, 0.3) is 0 Å². The van der Waals surface area contributed by atoms with E-state index in [-0.39, 0.29) is 17.8 Å². The van der Waals surface area contributed by atoms with Crippen molar-refractivity contribution in [2.24, 2.45) is 5.92 Å². The predicted octanol–water partition coefficient (Wildman–Crippen LogP) is 2.20. The Morgan fingerprint density at radius 2 is 1.86 bits per heavy atom. The van der Waals surface area contributed by atoms with Crippen LogP contribution in [-0.4, -0.2) is 50.7 Å². The molecule has 1 rings (SSSR count). The molecule has 0 bridgehead atoms. The van der Waals surface area contributed by atoms with Crippen LogP contribution in [0.4, 0.5) is 0 Å². The lowest BCUT2D eigenvalue weighted by molar-refractivity contribution is -0.145. The number of ether oxygens (including phenoxy) is 2. The molecule has 0 saturated heterocycles. The topological polar surface area (TPSA) is 55.8 Å². The third-order valence-corrected chi connectivity index (χ3v) is 3.70. The SMILES string of the molecule is COCCN(CC(C)C(=O)OC)C(=O)c1ccc(C)c(C)c1. The van der Waals surface area contributed by atoms with Gasteiger partial charge < -0.3 is 14.4 Å². The van der Waals surface area contributed by atoms with Gasteiger partial charge in [0.25, 0.3) is 5.91 Å². The highest BCUT2D eigenvalue weighted by molar-refractivity contribution is 5.94. The van der Waals surface area contributed by atoms with E-state index in [2.05, 4.69) is 0 Å². The van der Waals surface area contributed by atoms with Crippen molar-refractivity contribution in [1.29, 1.82) is 0 Å². The van der Waals surface area contributed by atoms with Crippen molar-refractivity contribution in [3.63, 3.8) is 0 Å². The Morgan fingerprint density at radius 3 is 2.41 bits per heavy atom. The first kappa shape index (κ1) is 18.2. The van der Waals surface area contributed by atoms with Gasteiger partial charge in [-0.05, 0) is 37.1 Å². The molecule has 0 aliphatic rings. The molecule has 1 aromatic rings. The van der Waals surface area contributed by atoms with Crippen LogP contribution in [0, 0.1) is 19.8 Å². The quantitative estimate of drug-likeness (QED) is 0.725. The van der Waals surface area contributed by atoms with Gasteiger partial charge in [-0.2, -0.15) is 0 Å². The monoisotopic (exact) mass is 307 g/mol. The molecule has 122 valence electrons. The fraction of sp³-hybridized carbons (Fsp3) is 0.529. The van der Waals surface area contributed by atoms with Crippen molar-refractivity contribution < 1.29 is 19.1 Å². The maximum Gasteiger partial charge on any atom is 0.310 e. The van der Waals surface area contributed by atoms with Gasteiger partial charge >= 0.3 is 5.97 Å². The maximum absolute atomic E-state index is 12.7. The van der Waals surface area contributed by atoms with Gasteiger partial charge in [0, 0.05) is 25.8 Å². The highest BCUT2D eigenvalue weighted by Gasteiger charge is 2.22. The number of amides is 1. The molecule has 5 nitrogen and oxygen atoms in total. The average Bonchev–Trinajstić information content (AvgIpc) is 2.52. The molecule has 1 aromatic carbocycles. The number of aryl methyl sites for hydroxylation is 2. The van der Waals surface area contributed by atoms with Crippen LogP contribution in [-0.2, 0) is 14.3 Å². The van der Waals surface area contributed by atoms with Crippen LogP contribution in [0.3, 0.4) is 0 Å². The first-order valence-corrected chi connectivity index (χ1v) is 7.34. The summed E-state index contributed by atoms with van der Waals surface area (Å²) in [7, 11) is 2.94. The summed E-state index contributed by atoms with van der Waals surface area (Å²) in [6.07, 6.45) is 0. The van der Waals surface area contributed by atoms with E-state index in [4.69, 9.17) is 9.47 Å². The largest absolute Gasteiger partial charge is 0.469 e. The highest BCUT2D eigenvalue weighted by Crippen LogP contribution is 2.13. The Labute approximate surface area is 132 Å². The summed E-state index contributed by atoms with van der Waals surface area (Å²) < 4.78 is 9.79. The molecular formula is C17H25NO4. The van der Waals surface area contributed by atoms with Gasteiger partial charge in [-0.1, -0.05) is 13.0 Å². The van der Waals surface area contributed by atoms with Gasteiger partial charge in [0.1, 0.15) is 0 Å². The van der Waals surface area contributed by atoms with Crippen molar-refractivity contribution in [2.75, 3.05) is 33.9 Å². The zero-order valence-electron chi connectivity index (χ0n) is 14.0. The molecule has 1 unspecified atom stereocenters. The van der Waals surface area contributed by atoms with E-state index in [1.165, 1.54) is 7.11 Å². The van der Waals surface area contributed by atoms with Crippen molar-refractivity contribution in [1.82, 2.24) is 4.90 Å². The molecule has 0 N–H and O–H groups in total. The summed E-state index contributed by atoms with van der Waals surface area (Å²) in [5.41, 5.74) is 2.83. The summed E-state index contributed by atoms with van der Waals surface area (Å²) >= 11 is 0. The predicted molar refractivity (Wildman–Crippen MR) is 84.9 cm³/mol. The van der Waals surface area contributed by atoms with E-state index >= 15 is 0 Å². The van der Waals surface area contributed by atoms with Crippen LogP contribution >= 0.6 is 0 Å². The van der Waals surface area contributed by atoms with Crippen LogP contribution in [0.5, 0.6) is 0 Å². The molecule has 0 saturated carbocycles. The van der Waals surface area contributed by atoms with E-state index in [1.807, 2.05) is 32.0 Å². The summed E-state index contributed by atoms with van der Waals surface area (Å²) in [5.74, 6) is -0.802. The Bertz CT molecular complexity index is 527. The van der Waals surface area contributed by atoms with E-state index in [0.29, 0.717) is 25.3 Å². The van der Waals surface area contributed by atoms with Crippen molar-refractivity contribution in [3.8, 4) is 0 Å². The van der Waals surface area contributed by atoms with Crippen LogP contribution in [0.1, 0.15) is 28.4 Å². The third kappa shape index (κ3) is 4.84. The van der Waals surface area contributed by atoms with Gasteiger partial charge in [0.2, 0.25) is 0 Å². The maximum atomic E-state index is 12.7. The van der Waals surface area contributed by atoms with Gasteiger partial charge in [-0.15, -0.1) is 0 Å². The van der Waals surface area contributed by atoms with Gasteiger partial charge in [0.15, 0.2) is 0 Å². The zero-order valence-corrected chi connectivity index (χ0v) is 14.0. The number of carbonyl (C=O) groups is 2. The molecule has 0 fully saturated rings. The molecule has 0 spiro atoms. The van der Waals surface area contributed by atoms with Crippen LogP contribution in [0.15, 0.2) is 18.2 Å². The number of hydrogen-bond acceptors (Lipinski definition) is 4. The first-order chi connectivity index (χ1) is 10.4. The number of rotatable bonds is 7. The Kier molecular flexibility index (Phi) is 7.05. The second kappa shape index (κ2) is 8.54. The van der Waals surface area contributed by atoms with E-state index < -0.39 is 0 Å². The molecular weight excluding hydrogens is 282 g/mol. The average molecular weight is 307 g/mol. The van der Waals surface area contributed by atoms with Gasteiger partial charge in [-0.25, -0.2) is 0 Å². The molecule has 1 atom stereocenters.